The van der Waals surface area contributed by atoms with Crippen molar-refractivity contribution in [1.29, 1.82) is 0 Å². The quantitative estimate of drug-likeness (QED) is 0.459. The summed E-state index contributed by atoms with van der Waals surface area (Å²) >= 11 is 0. The molecule has 1 aliphatic rings. The van der Waals surface area contributed by atoms with Crippen molar-refractivity contribution < 1.29 is 14.5 Å². The zero-order valence-electron chi connectivity index (χ0n) is 15.2. The first kappa shape index (κ1) is 19.0. The number of ether oxygens (including phenoxy) is 1. The van der Waals surface area contributed by atoms with Crippen molar-refractivity contribution in [3.05, 3.63) is 69.8 Å². The van der Waals surface area contributed by atoms with Crippen molar-refractivity contribution >= 4 is 17.7 Å². The summed E-state index contributed by atoms with van der Waals surface area (Å²) in [7, 11) is 0. The molecule has 142 valence electrons. The third kappa shape index (κ3) is 4.50. The Hall–Kier alpha value is -2.77. The van der Waals surface area contributed by atoms with E-state index in [0.29, 0.717) is 32.0 Å². The number of aryl methyl sites for hydroxylation is 1. The lowest BCUT2D eigenvalue weighted by Crippen LogP contribution is -2.46. The van der Waals surface area contributed by atoms with Crippen molar-refractivity contribution in [2.24, 2.45) is 0 Å². The predicted octanol–water partition coefficient (Wildman–Crippen LogP) is 2.96. The maximum absolute atomic E-state index is 12.0. The molecule has 0 saturated carbocycles. The van der Waals surface area contributed by atoms with E-state index >= 15 is 0 Å². The summed E-state index contributed by atoms with van der Waals surface area (Å²) in [5.74, 6) is 0. The highest BCUT2D eigenvalue weighted by molar-refractivity contribution is 5.71. The van der Waals surface area contributed by atoms with Crippen LogP contribution in [0.2, 0.25) is 0 Å². The molecule has 2 atom stereocenters. The number of hydrogen-bond acceptors (Lipinski definition) is 6. The minimum atomic E-state index is -0.632. The maximum atomic E-state index is 12.0. The molecular weight excluding hydrogens is 346 g/mol. The number of carbonyl (C=O) groups excluding carboxylic acids is 1. The highest BCUT2D eigenvalue weighted by Gasteiger charge is 2.31. The van der Waals surface area contributed by atoms with Crippen LogP contribution in [0.3, 0.4) is 0 Å². The predicted molar refractivity (Wildman–Crippen MR) is 103 cm³/mol. The second kappa shape index (κ2) is 8.75. The van der Waals surface area contributed by atoms with E-state index in [1.165, 1.54) is 6.07 Å². The standard InChI is InChI=1S/C20H23N3O4/c1-15-6-8-16(9-7-15)20(22-10-12-27-13-11-22)18(14-24)21-17-4-2-3-5-19(17)23(25)26/h2-9,14,18,20-21H,10-13H2,1H3. The van der Waals surface area contributed by atoms with Gasteiger partial charge >= 0.3 is 0 Å². The van der Waals surface area contributed by atoms with E-state index in [2.05, 4.69) is 10.2 Å². The smallest absolute Gasteiger partial charge is 0.292 e. The van der Waals surface area contributed by atoms with Gasteiger partial charge in [-0.05, 0) is 18.6 Å². The fourth-order valence-electron chi connectivity index (χ4n) is 3.39. The van der Waals surface area contributed by atoms with Crippen molar-refractivity contribution in [3.63, 3.8) is 0 Å². The van der Waals surface area contributed by atoms with Gasteiger partial charge in [-0.1, -0.05) is 42.0 Å². The van der Waals surface area contributed by atoms with E-state index in [0.717, 1.165) is 17.4 Å². The van der Waals surface area contributed by atoms with Gasteiger partial charge in [-0.15, -0.1) is 0 Å². The fourth-order valence-corrected chi connectivity index (χ4v) is 3.39. The van der Waals surface area contributed by atoms with Crippen LogP contribution in [0.1, 0.15) is 17.2 Å². The Kier molecular flexibility index (Phi) is 6.16. The highest BCUT2D eigenvalue weighted by atomic mass is 16.6. The van der Waals surface area contributed by atoms with Gasteiger partial charge in [-0.2, -0.15) is 0 Å². The molecule has 1 fully saturated rings. The number of nitrogens with one attached hydrogen (secondary N) is 1. The van der Waals surface area contributed by atoms with Gasteiger partial charge in [-0.3, -0.25) is 15.0 Å². The second-order valence-corrected chi connectivity index (χ2v) is 6.58. The largest absolute Gasteiger partial charge is 0.379 e. The van der Waals surface area contributed by atoms with Crippen LogP contribution in [0.4, 0.5) is 11.4 Å². The summed E-state index contributed by atoms with van der Waals surface area (Å²) in [5, 5.41) is 14.4. The first-order valence-corrected chi connectivity index (χ1v) is 8.94. The zero-order valence-corrected chi connectivity index (χ0v) is 15.2. The van der Waals surface area contributed by atoms with Crippen molar-refractivity contribution in [1.82, 2.24) is 4.90 Å². The van der Waals surface area contributed by atoms with Gasteiger partial charge in [0.15, 0.2) is 0 Å². The molecule has 1 saturated heterocycles. The molecule has 1 heterocycles. The van der Waals surface area contributed by atoms with Crippen LogP contribution in [0.15, 0.2) is 48.5 Å². The number of morpholine rings is 1. The number of para-hydroxylation sites is 2. The lowest BCUT2D eigenvalue weighted by molar-refractivity contribution is -0.384. The molecule has 1 aliphatic heterocycles. The highest BCUT2D eigenvalue weighted by Crippen LogP contribution is 2.30. The van der Waals surface area contributed by atoms with Gasteiger partial charge in [-0.25, -0.2) is 0 Å². The molecule has 2 aromatic carbocycles. The lowest BCUT2D eigenvalue weighted by Gasteiger charge is -2.38. The average molecular weight is 369 g/mol. The summed E-state index contributed by atoms with van der Waals surface area (Å²) in [4.78, 5) is 25.1. The molecule has 0 amide bonds. The molecule has 0 bridgehead atoms. The summed E-state index contributed by atoms with van der Waals surface area (Å²) in [5.41, 5.74) is 2.42. The van der Waals surface area contributed by atoms with Gasteiger partial charge in [0.05, 0.1) is 24.2 Å². The molecular formula is C20H23N3O4. The van der Waals surface area contributed by atoms with Crippen molar-refractivity contribution in [2.75, 3.05) is 31.6 Å². The Balaban J connectivity index is 1.94. The molecule has 3 rings (SSSR count). The Morgan fingerprint density at radius 3 is 2.44 bits per heavy atom. The summed E-state index contributed by atoms with van der Waals surface area (Å²) in [6, 6.07) is 13.5. The number of nitrogens with zero attached hydrogens (tertiary/aromatic N) is 2. The number of aldehydes is 1. The molecule has 0 radical (unpaired) electrons. The lowest BCUT2D eigenvalue weighted by atomic mass is 9.96. The van der Waals surface area contributed by atoms with Crippen molar-refractivity contribution in [2.45, 2.75) is 19.0 Å². The monoisotopic (exact) mass is 369 g/mol. The number of nitro groups is 1. The van der Waals surface area contributed by atoms with E-state index in [9.17, 15) is 14.9 Å². The van der Waals surface area contributed by atoms with Crippen LogP contribution in [0.25, 0.3) is 0 Å². The second-order valence-electron chi connectivity index (χ2n) is 6.58. The molecule has 2 unspecified atom stereocenters. The Morgan fingerprint density at radius 2 is 1.81 bits per heavy atom. The number of carbonyl (C=O) groups is 1. The fraction of sp³-hybridized carbons (Fsp3) is 0.350. The Labute approximate surface area is 158 Å². The Bertz CT molecular complexity index is 788. The van der Waals surface area contributed by atoms with E-state index in [-0.39, 0.29) is 11.7 Å². The number of anilines is 1. The normalized spacial score (nSPS) is 17.1. The van der Waals surface area contributed by atoms with E-state index in [4.69, 9.17) is 4.74 Å². The minimum Gasteiger partial charge on any atom is -0.379 e. The van der Waals surface area contributed by atoms with E-state index in [1.807, 2.05) is 31.2 Å². The van der Waals surface area contributed by atoms with Crippen molar-refractivity contribution in [3.8, 4) is 0 Å². The molecule has 1 N–H and O–H groups in total. The molecule has 7 heteroatoms. The van der Waals surface area contributed by atoms with E-state index in [1.54, 1.807) is 18.2 Å². The van der Waals surface area contributed by atoms with Crippen LogP contribution in [0.5, 0.6) is 0 Å². The number of benzene rings is 2. The number of hydrogen-bond donors (Lipinski definition) is 1. The third-order valence-corrected chi connectivity index (χ3v) is 4.77. The van der Waals surface area contributed by atoms with Crippen LogP contribution in [-0.2, 0) is 9.53 Å². The molecule has 0 aliphatic carbocycles. The number of rotatable bonds is 7. The number of nitro benzene ring substituents is 1. The maximum Gasteiger partial charge on any atom is 0.292 e. The van der Waals surface area contributed by atoms with Gasteiger partial charge in [0, 0.05) is 19.2 Å². The van der Waals surface area contributed by atoms with Crippen LogP contribution < -0.4 is 5.32 Å². The van der Waals surface area contributed by atoms with Gasteiger partial charge in [0.2, 0.25) is 0 Å². The van der Waals surface area contributed by atoms with Crippen LogP contribution in [0, 0.1) is 17.0 Å². The molecule has 2 aromatic rings. The van der Waals surface area contributed by atoms with Gasteiger partial charge in [0.1, 0.15) is 18.0 Å². The molecule has 0 spiro atoms. The minimum absolute atomic E-state index is 0.0472. The summed E-state index contributed by atoms with van der Waals surface area (Å²) < 4.78 is 5.45. The molecule has 0 aromatic heterocycles. The molecule has 27 heavy (non-hydrogen) atoms. The average Bonchev–Trinajstić information content (AvgIpc) is 2.70. The SMILES string of the molecule is Cc1ccc(C(C(C=O)Nc2ccccc2[N+](=O)[O-])N2CCOCC2)cc1. The summed E-state index contributed by atoms with van der Waals surface area (Å²) in [6.45, 7) is 4.60. The first-order chi connectivity index (χ1) is 13.1. The first-order valence-electron chi connectivity index (χ1n) is 8.94. The summed E-state index contributed by atoms with van der Waals surface area (Å²) in [6.07, 6.45) is 0.830. The topological polar surface area (TPSA) is 84.7 Å². The molecule has 7 nitrogen and oxygen atoms in total. The van der Waals surface area contributed by atoms with Gasteiger partial charge in [0.25, 0.3) is 5.69 Å². The van der Waals surface area contributed by atoms with Crippen LogP contribution in [-0.4, -0.2) is 48.5 Å². The van der Waals surface area contributed by atoms with E-state index < -0.39 is 11.0 Å². The third-order valence-electron chi connectivity index (χ3n) is 4.77. The van der Waals surface area contributed by atoms with Crippen LogP contribution >= 0.6 is 0 Å². The zero-order chi connectivity index (χ0) is 19.2. The Morgan fingerprint density at radius 1 is 1.15 bits per heavy atom. The van der Waals surface area contributed by atoms with Gasteiger partial charge < -0.3 is 14.8 Å².